The maximum atomic E-state index is 12.7. The lowest BCUT2D eigenvalue weighted by Crippen LogP contribution is -2.38. The standard InChI is InChI=1S/C18H20ClN3O2S2/c19-15-6-5-14(26-15)18(24)22-7-1-2-12(9-22)17-21-13(10-25-17)8-20-16(23)11-3-4-11/h5-6,10-12H,1-4,7-9H2,(H,20,23)/t12-/m1/s1. The minimum Gasteiger partial charge on any atom is -0.350 e. The molecule has 1 aliphatic heterocycles. The Balaban J connectivity index is 1.36. The summed E-state index contributed by atoms with van der Waals surface area (Å²) in [6.45, 7) is 1.96. The van der Waals surface area contributed by atoms with Gasteiger partial charge in [-0.2, -0.15) is 0 Å². The van der Waals surface area contributed by atoms with Crippen molar-refractivity contribution in [1.29, 1.82) is 0 Å². The van der Waals surface area contributed by atoms with Gasteiger partial charge >= 0.3 is 0 Å². The van der Waals surface area contributed by atoms with Gasteiger partial charge in [0.05, 0.1) is 26.5 Å². The molecule has 1 saturated heterocycles. The third kappa shape index (κ3) is 4.10. The van der Waals surface area contributed by atoms with Crippen LogP contribution in [-0.4, -0.2) is 34.8 Å². The molecule has 1 N–H and O–H groups in total. The van der Waals surface area contributed by atoms with Crippen LogP contribution >= 0.6 is 34.3 Å². The Morgan fingerprint density at radius 3 is 2.88 bits per heavy atom. The quantitative estimate of drug-likeness (QED) is 0.814. The number of thiophene rings is 1. The lowest BCUT2D eigenvalue weighted by Gasteiger charge is -2.31. The molecule has 2 fully saturated rings. The minimum absolute atomic E-state index is 0.0556. The number of hydrogen-bond acceptors (Lipinski definition) is 5. The first-order chi connectivity index (χ1) is 12.6. The molecule has 0 bridgehead atoms. The van der Waals surface area contributed by atoms with Crippen molar-refractivity contribution in [2.45, 2.75) is 38.1 Å². The van der Waals surface area contributed by atoms with E-state index in [0.29, 0.717) is 22.3 Å². The molecule has 138 valence electrons. The molecule has 0 spiro atoms. The van der Waals surface area contributed by atoms with Gasteiger partial charge in [-0.15, -0.1) is 22.7 Å². The molecule has 8 heteroatoms. The van der Waals surface area contributed by atoms with Crippen molar-refractivity contribution in [2.75, 3.05) is 13.1 Å². The highest BCUT2D eigenvalue weighted by Gasteiger charge is 2.30. The van der Waals surface area contributed by atoms with Gasteiger partial charge in [-0.05, 0) is 37.8 Å². The van der Waals surface area contributed by atoms with Crippen LogP contribution in [0.25, 0.3) is 0 Å². The van der Waals surface area contributed by atoms with Crippen molar-refractivity contribution in [3.05, 3.63) is 37.4 Å². The Morgan fingerprint density at radius 2 is 2.15 bits per heavy atom. The zero-order chi connectivity index (χ0) is 18.1. The first-order valence-electron chi connectivity index (χ1n) is 8.87. The van der Waals surface area contributed by atoms with E-state index in [1.165, 1.54) is 11.3 Å². The summed E-state index contributed by atoms with van der Waals surface area (Å²) in [6, 6.07) is 3.56. The molecule has 2 aromatic rings. The molecule has 5 nitrogen and oxygen atoms in total. The summed E-state index contributed by atoms with van der Waals surface area (Å²) in [5, 5.41) is 6.03. The van der Waals surface area contributed by atoms with Crippen LogP contribution in [-0.2, 0) is 11.3 Å². The van der Waals surface area contributed by atoms with Gasteiger partial charge in [-0.3, -0.25) is 9.59 Å². The number of piperidine rings is 1. The van der Waals surface area contributed by atoms with Gasteiger partial charge in [0.2, 0.25) is 5.91 Å². The molecular formula is C18H20ClN3O2S2. The summed E-state index contributed by atoms with van der Waals surface area (Å²) >= 11 is 8.91. The van der Waals surface area contributed by atoms with E-state index in [-0.39, 0.29) is 23.7 Å². The van der Waals surface area contributed by atoms with Gasteiger partial charge < -0.3 is 10.2 Å². The van der Waals surface area contributed by atoms with Crippen molar-refractivity contribution >= 4 is 46.1 Å². The van der Waals surface area contributed by atoms with E-state index >= 15 is 0 Å². The minimum atomic E-state index is 0.0556. The van der Waals surface area contributed by atoms with E-state index in [9.17, 15) is 9.59 Å². The largest absolute Gasteiger partial charge is 0.350 e. The lowest BCUT2D eigenvalue weighted by atomic mass is 9.98. The number of carbonyl (C=O) groups excluding carboxylic acids is 2. The highest BCUT2D eigenvalue weighted by molar-refractivity contribution is 7.18. The Kier molecular flexibility index (Phi) is 5.29. The number of carbonyl (C=O) groups is 2. The Hall–Kier alpha value is -1.44. The molecule has 2 aliphatic rings. The summed E-state index contributed by atoms with van der Waals surface area (Å²) < 4.78 is 0.639. The summed E-state index contributed by atoms with van der Waals surface area (Å²) in [4.78, 5) is 31.7. The maximum Gasteiger partial charge on any atom is 0.263 e. The molecule has 26 heavy (non-hydrogen) atoms. The number of aromatic nitrogens is 1. The van der Waals surface area contributed by atoms with Crippen LogP contribution < -0.4 is 5.32 Å². The summed E-state index contributed by atoms with van der Waals surface area (Å²) in [5.74, 6) is 0.682. The number of nitrogens with zero attached hydrogens (tertiary/aromatic N) is 2. The normalized spacial score (nSPS) is 20.2. The molecule has 0 unspecified atom stereocenters. The van der Waals surface area contributed by atoms with Gasteiger partial charge in [0, 0.05) is 30.3 Å². The first-order valence-corrected chi connectivity index (χ1v) is 10.9. The topological polar surface area (TPSA) is 62.3 Å². The van der Waals surface area contributed by atoms with Crippen LogP contribution in [0.3, 0.4) is 0 Å². The van der Waals surface area contributed by atoms with E-state index < -0.39 is 0 Å². The fourth-order valence-corrected chi connectivity index (χ4v) is 5.17. The maximum absolute atomic E-state index is 12.7. The van der Waals surface area contributed by atoms with Crippen molar-refractivity contribution in [3.8, 4) is 0 Å². The Labute approximate surface area is 165 Å². The predicted molar refractivity (Wildman–Crippen MR) is 104 cm³/mol. The Morgan fingerprint density at radius 1 is 1.31 bits per heavy atom. The van der Waals surface area contributed by atoms with Crippen LogP contribution in [0.4, 0.5) is 0 Å². The van der Waals surface area contributed by atoms with Crippen molar-refractivity contribution in [2.24, 2.45) is 5.92 Å². The second-order valence-electron chi connectivity index (χ2n) is 6.86. The van der Waals surface area contributed by atoms with Crippen molar-refractivity contribution in [3.63, 3.8) is 0 Å². The van der Waals surface area contributed by atoms with Gasteiger partial charge in [0.1, 0.15) is 0 Å². The molecule has 0 aromatic carbocycles. The van der Waals surface area contributed by atoms with Crippen LogP contribution in [0.2, 0.25) is 4.34 Å². The molecule has 1 aliphatic carbocycles. The first kappa shape index (κ1) is 17.9. The van der Waals surface area contributed by atoms with E-state index in [1.807, 2.05) is 10.3 Å². The number of amides is 2. The third-order valence-electron chi connectivity index (χ3n) is 4.80. The number of thiazole rings is 1. The molecule has 2 aromatic heterocycles. The fraction of sp³-hybridized carbons (Fsp3) is 0.500. The second kappa shape index (κ2) is 7.66. The summed E-state index contributed by atoms with van der Waals surface area (Å²) in [7, 11) is 0. The lowest BCUT2D eigenvalue weighted by molar-refractivity contribution is -0.122. The van der Waals surface area contributed by atoms with Crippen LogP contribution in [0.1, 0.15) is 52.0 Å². The van der Waals surface area contributed by atoms with Gasteiger partial charge in [0.15, 0.2) is 0 Å². The molecule has 1 saturated carbocycles. The monoisotopic (exact) mass is 409 g/mol. The highest BCUT2D eigenvalue weighted by atomic mass is 35.5. The van der Waals surface area contributed by atoms with E-state index in [1.54, 1.807) is 23.5 Å². The number of hydrogen-bond donors (Lipinski definition) is 1. The predicted octanol–water partition coefficient (Wildman–Crippen LogP) is 3.90. The molecular weight excluding hydrogens is 390 g/mol. The number of rotatable bonds is 5. The molecule has 2 amide bonds. The molecule has 3 heterocycles. The fourth-order valence-electron chi connectivity index (χ4n) is 3.21. The van der Waals surface area contributed by atoms with E-state index in [2.05, 4.69) is 5.32 Å². The molecule has 4 rings (SSSR count). The average Bonchev–Trinajstić information content (AvgIpc) is 3.25. The number of likely N-dealkylation sites (tertiary alicyclic amines) is 1. The zero-order valence-electron chi connectivity index (χ0n) is 14.2. The molecule has 1 atom stereocenters. The van der Waals surface area contributed by atoms with Gasteiger partial charge in [0.25, 0.3) is 5.91 Å². The van der Waals surface area contributed by atoms with E-state index in [4.69, 9.17) is 16.6 Å². The van der Waals surface area contributed by atoms with Crippen molar-refractivity contribution < 1.29 is 9.59 Å². The Bertz CT molecular complexity index is 815. The van der Waals surface area contributed by atoms with Gasteiger partial charge in [-0.25, -0.2) is 4.98 Å². The number of nitrogens with one attached hydrogen (secondary N) is 1. The highest BCUT2D eigenvalue weighted by Crippen LogP contribution is 2.32. The number of halogens is 1. The van der Waals surface area contributed by atoms with E-state index in [0.717, 1.165) is 42.9 Å². The summed E-state index contributed by atoms with van der Waals surface area (Å²) in [5.41, 5.74) is 0.910. The van der Waals surface area contributed by atoms with Crippen LogP contribution in [0, 0.1) is 5.92 Å². The van der Waals surface area contributed by atoms with Crippen LogP contribution in [0.5, 0.6) is 0 Å². The van der Waals surface area contributed by atoms with Gasteiger partial charge in [-0.1, -0.05) is 11.6 Å². The SMILES string of the molecule is O=C(NCc1csc([C@@H]2CCCN(C(=O)c3ccc(Cl)s3)C2)n1)C1CC1. The third-order valence-corrected chi connectivity index (χ3v) is 7.08. The van der Waals surface area contributed by atoms with Crippen LogP contribution in [0.15, 0.2) is 17.5 Å². The van der Waals surface area contributed by atoms with Crippen molar-refractivity contribution in [1.82, 2.24) is 15.2 Å². The second-order valence-corrected chi connectivity index (χ2v) is 9.47. The smallest absolute Gasteiger partial charge is 0.263 e. The zero-order valence-corrected chi connectivity index (χ0v) is 16.6. The molecule has 0 radical (unpaired) electrons. The average molecular weight is 410 g/mol. The summed E-state index contributed by atoms with van der Waals surface area (Å²) in [6.07, 6.45) is 4.03.